The minimum atomic E-state index is -4.00. The molecular formula is C13H17F4N. The molecule has 1 nitrogen and oxygen atoms in total. The van der Waals surface area contributed by atoms with Gasteiger partial charge in [0.25, 0.3) is 0 Å². The van der Waals surface area contributed by atoms with Crippen LogP contribution in [0.1, 0.15) is 25.3 Å². The lowest BCUT2D eigenvalue weighted by Gasteiger charge is -2.16. The zero-order chi connectivity index (χ0) is 13.6. The zero-order valence-corrected chi connectivity index (χ0v) is 10.2. The minimum Gasteiger partial charge on any atom is -0.379 e. The largest absolute Gasteiger partial charge is 0.379 e. The summed E-state index contributed by atoms with van der Waals surface area (Å²) in [6, 6.07) is 6.90. The normalized spacial score (nSPS) is 11.9. The van der Waals surface area contributed by atoms with Gasteiger partial charge < -0.3 is 5.32 Å². The van der Waals surface area contributed by atoms with Gasteiger partial charge in [-0.25, -0.2) is 8.78 Å². The lowest BCUT2D eigenvalue weighted by Crippen LogP contribution is -2.34. The van der Waals surface area contributed by atoms with Gasteiger partial charge in [-0.2, -0.15) is 8.78 Å². The van der Waals surface area contributed by atoms with Crippen LogP contribution in [-0.2, 0) is 6.42 Å². The molecule has 1 aromatic rings. The van der Waals surface area contributed by atoms with Crippen molar-refractivity contribution in [3.63, 3.8) is 0 Å². The average molecular weight is 263 g/mol. The van der Waals surface area contributed by atoms with E-state index < -0.39 is 18.9 Å². The van der Waals surface area contributed by atoms with E-state index in [0.717, 1.165) is 24.8 Å². The molecule has 0 heterocycles. The molecule has 1 aromatic carbocycles. The fourth-order valence-corrected chi connectivity index (χ4v) is 1.47. The number of unbranched alkanes of at least 4 members (excludes halogenated alkanes) is 1. The second-order valence-corrected chi connectivity index (χ2v) is 4.22. The predicted octanol–water partition coefficient (Wildman–Crippen LogP) is 4.34. The summed E-state index contributed by atoms with van der Waals surface area (Å²) >= 11 is 0. The molecule has 0 unspecified atom stereocenters. The molecule has 0 saturated heterocycles. The molecule has 1 rings (SSSR count). The van der Waals surface area contributed by atoms with Gasteiger partial charge in [-0.3, -0.25) is 0 Å². The van der Waals surface area contributed by atoms with Crippen LogP contribution in [-0.4, -0.2) is 18.9 Å². The van der Waals surface area contributed by atoms with Crippen LogP contribution in [0, 0.1) is 0 Å². The number of rotatable bonds is 7. The Morgan fingerprint density at radius 2 is 1.78 bits per heavy atom. The Balaban J connectivity index is 2.49. The summed E-state index contributed by atoms with van der Waals surface area (Å²) in [5.41, 5.74) is 1.54. The molecule has 0 atom stereocenters. The van der Waals surface area contributed by atoms with E-state index in [4.69, 9.17) is 0 Å². The highest BCUT2D eigenvalue weighted by Crippen LogP contribution is 2.23. The Morgan fingerprint density at radius 1 is 1.17 bits per heavy atom. The summed E-state index contributed by atoms with van der Waals surface area (Å²) < 4.78 is 49.2. The van der Waals surface area contributed by atoms with Crippen LogP contribution in [0.3, 0.4) is 0 Å². The van der Waals surface area contributed by atoms with E-state index in [1.165, 1.54) is 0 Å². The maximum absolute atomic E-state index is 12.7. The number of anilines is 1. The van der Waals surface area contributed by atoms with E-state index in [9.17, 15) is 17.6 Å². The monoisotopic (exact) mass is 263 g/mol. The molecule has 1 N–H and O–H groups in total. The van der Waals surface area contributed by atoms with Crippen molar-refractivity contribution in [3.8, 4) is 0 Å². The highest BCUT2D eigenvalue weighted by molar-refractivity contribution is 5.44. The quantitative estimate of drug-likeness (QED) is 0.721. The predicted molar refractivity (Wildman–Crippen MR) is 64.5 cm³/mol. The number of nitrogens with one attached hydrogen (secondary N) is 1. The lowest BCUT2D eigenvalue weighted by atomic mass is 10.1. The third-order valence-electron chi connectivity index (χ3n) is 2.62. The summed E-state index contributed by atoms with van der Waals surface area (Å²) in [6.45, 7) is 1.03. The Labute approximate surface area is 104 Å². The Morgan fingerprint density at radius 3 is 2.28 bits per heavy atom. The average Bonchev–Trinajstić information content (AvgIpc) is 2.35. The molecule has 102 valence electrons. The molecular weight excluding hydrogens is 246 g/mol. The second-order valence-electron chi connectivity index (χ2n) is 4.22. The topological polar surface area (TPSA) is 12.0 Å². The van der Waals surface area contributed by atoms with E-state index in [-0.39, 0.29) is 0 Å². The fourth-order valence-electron chi connectivity index (χ4n) is 1.47. The van der Waals surface area contributed by atoms with Crippen molar-refractivity contribution < 1.29 is 17.6 Å². The van der Waals surface area contributed by atoms with E-state index in [2.05, 4.69) is 12.2 Å². The van der Waals surface area contributed by atoms with Crippen LogP contribution >= 0.6 is 0 Å². The Kier molecular flexibility index (Phi) is 5.44. The first-order valence-corrected chi connectivity index (χ1v) is 5.94. The summed E-state index contributed by atoms with van der Waals surface area (Å²) in [5.74, 6) is -4.00. The molecule has 0 spiro atoms. The third kappa shape index (κ3) is 4.55. The van der Waals surface area contributed by atoms with Crippen molar-refractivity contribution >= 4 is 5.69 Å². The second kappa shape index (κ2) is 6.61. The first kappa shape index (κ1) is 14.8. The van der Waals surface area contributed by atoms with Gasteiger partial charge >= 0.3 is 12.3 Å². The van der Waals surface area contributed by atoms with Crippen LogP contribution in [0.5, 0.6) is 0 Å². The molecule has 0 aromatic heterocycles. The van der Waals surface area contributed by atoms with Crippen LogP contribution in [0.4, 0.5) is 23.2 Å². The maximum Gasteiger partial charge on any atom is 0.324 e. The molecule has 5 heteroatoms. The standard InChI is InChI=1S/C13H17F4N/c1-2-3-4-10-5-7-11(8-6-10)18-9-13(16,17)12(14)15/h5-8,12,18H,2-4,9H2,1H3. The van der Waals surface area contributed by atoms with Gasteiger partial charge in [-0.15, -0.1) is 0 Å². The van der Waals surface area contributed by atoms with Gasteiger partial charge in [0.2, 0.25) is 0 Å². The number of aryl methyl sites for hydroxylation is 1. The van der Waals surface area contributed by atoms with Crippen LogP contribution in [0.25, 0.3) is 0 Å². The first-order chi connectivity index (χ1) is 8.45. The Hall–Kier alpha value is -1.26. The summed E-state index contributed by atoms with van der Waals surface area (Å²) in [7, 11) is 0. The minimum absolute atomic E-state index is 0.426. The SMILES string of the molecule is CCCCc1ccc(NCC(F)(F)C(F)F)cc1. The van der Waals surface area contributed by atoms with Crippen LogP contribution in [0.2, 0.25) is 0 Å². The zero-order valence-electron chi connectivity index (χ0n) is 10.2. The van der Waals surface area contributed by atoms with Crippen molar-refractivity contribution in [1.82, 2.24) is 0 Å². The van der Waals surface area contributed by atoms with E-state index in [1.54, 1.807) is 12.1 Å². The Bertz CT molecular complexity index is 349. The number of benzene rings is 1. The fraction of sp³-hybridized carbons (Fsp3) is 0.538. The van der Waals surface area contributed by atoms with Crippen LogP contribution in [0.15, 0.2) is 24.3 Å². The van der Waals surface area contributed by atoms with Gasteiger partial charge in [0.1, 0.15) is 0 Å². The summed E-state index contributed by atoms with van der Waals surface area (Å²) in [4.78, 5) is 0. The van der Waals surface area contributed by atoms with Crippen LogP contribution < -0.4 is 5.32 Å². The lowest BCUT2D eigenvalue weighted by molar-refractivity contribution is -0.117. The molecule has 0 saturated carbocycles. The van der Waals surface area contributed by atoms with Crippen molar-refractivity contribution in [3.05, 3.63) is 29.8 Å². The van der Waals surface area contributed by atoms with E-state index in [1.807, 2.05) is 12.1 Å². The van der Waals surface area contributed by atoms with Crippen molar-refractivity contribution in [2.45, 2.75) is 38.5 Å². The summed E-state index contributed by atoms with van der Waals surface area (Å²) in [6.07, 6.45) is -0.560. The molecule has 0 bridgehead atoms. The van der Waals surface area contributed by atoms with Gasteiger partial charge in [0.05, 0.1) is 6.54 Å². The van der Waals surface area contributed by atoms with Gasteiger partial charge in [0, 0.05) is 5.69 Å². The van der Waals surface area contributed by atoms with Crippen molar-refractivity contribution in [1.29, 1.82) is 0 Å². The third-order valence-corrected chi connectivity index (χ3v) is 2.62. The molecule has 0 aliphatic rings. The highest BCUT2D eigenvalue weighted by Gasteiger charge is 2.40. The first-order valence-electron chi connectivity index (χ1n) is 5.94. The maximum atomic E-state index is 12.7. The summed E-state index contributed by atoms with van der Waals surface area (Å²) in [5, 5.41) is 2.32. The molecule has 0 fully saturated rings. The molecule has 0 radical (unpaired) electrons. The molecule has 18 heavy (non-hydrogen) atoms. The van der Waals surface area contributed by atoms with Gasteiger partial charge in [-0.1, -0.05) is 25.5 Å². The number of hydrogen-bond donors (Lipinski definition) is 1. The number of halogens is 4. The van der Waals surface area contributed by atoms with Crippen molar-refractivity contribution in [2.24, 2.45) is 0 Å². The number of hydrogen-bond acceptors (Lipinski definition) is 1. The molecule has 0 aliphatic heterocycles. The highest BCUT2D eigenvalue weighted by atomic mass is 19.3. The van der Waals surface area contributed by atoms with Crippen molar-refractivity contribution in [2.75, 3.05) is 11.9 Å². The van der Waals surface area contributed by atoms with E-state index >= 15 is 0 Å². The number of alkyl halides is 4. The smallest absolute Gasteiger partial charge is 0.324 e. The van der Waals surface area contributed by atoms with Gasteiger partial charge in [-0.05, 0) is 30.5 Å². The molecule has 0 aliphatic carbocycles. The van der Waals surface area contributed by atoms with Gasteiger partial charge in [0.15, 0.2) is 0 Å². The van der Waals surface area contributed by atoms with E-state index in [0.29, 0.717) is 5.69 Å². The molecule has 0 amide bonds.